The molecule has 0 atom stereocenters. The van der Waals surface area contributed by atoms with Crippen molar-refractivity contribution in [1.82, 2.24) is 19.3 Å². The summed E-state index contributed by atoms with van der Waals surface area (Å²) in [6.45, 7) is 13.1. The second-order valence-corrected chi connectivity index (χ2v) is 11.3. The normalized spacial score (nSPS) is 11.2. The minimum Gasteiger partial charge on any atom is -0.509 e. The third-order valence-electron chi connectivity index (χ3n) is 8.78. The number of hydrogen-bond donors (Lipinski definition) is 0. The summed E-state index contributed by atoms with van der Waals surface area (Å²) in [5, 5.41) is 6.95. The molecule has 0 aliphatic heterocycles. The van der Waals surface area contributed by atoms with E-state index in [2.05, 4.69) is 106 Å². The molecule has 3 aromatic heterocycles. The first-order valence-corrected chi connectivity index (χ1v) is 14.5. The van der Waals surface area contributed by atoms with E-state index in [4.69, 9.17) is 9.84 Å². The third kappa shape index (κ3) is 4.95. The van der Waals surface area contributed by atoms with Crippen LogP contribution in [-0.2, 0) is 21.1 Å². The molecule has 7 rings (SSSR count). The van der Waals surface area contributed by atoms with Crippen LogP contribution in [-0.4, -0.2) is 19.3 Å². The average Bonchev–Trinajstić information content (AvgIpc) is 3.62. The summed E-state index contributed by atoms with van der Waals surface area (Å²) in [4.78, 5) is 4.68. The van der Waals surface area contributed by atoms with Gasteiger partial charge in [-0.25, -0.2) is 4.98 Å². The maximum atomic E-state index is 6.35. The molecule has 0 saturated heterocycles. The molecule has 0 aliphatic rings. The van der Waals surface area contributed by atoms with E-state index in [0.29, 0.717) is 11.5 Å². The van der Waals surface area contributed by atoms with Gasteiger partial charge >= 0.3 is 21.1 Å². The Kier molecular flexibility index (Phi) is 7.77. The van der Waals surface area contributed by atoms with Crippen LogP contribution in [0.2, 0.25) is 0 Å². The SMILES string of the molecule is Cc1ccnc(-n2c3[c-]c(Oc4[c-]c(-n5cc(-c6c(C)c(C)c(C)c(C)c6C)cn5)ccc4)ccc3c3ccccc32)c1.[Pt+2]. The van der Waals surface area contributed by atoms with E-state index in [1.165, 1.54) is 33.4 Å². The number of ether oxygens (including phenoxy) is 1. The van der Waals surface area contributed by atoms with Crippen LogP contribution in [0.25, 0.3) is 44.4 Å². The number of nitrogens with zero attached hydrogens (tertiary/aromatic N) is 4. The molecule has 0 N–H and O–H groups in total. The molecule has 6 heteroatoms. The Balaban J connectivity index is 0.00000343. The monoisotopic (exact) mass is 755 g/mol. The fourth-order valence-corrected chi connectivity index (χ4v) is 6.08. The average molecular weight is 756 g/mol. The van der Waals surface area contributed by atoms with Gasteiger partial charge in [-0.3, -0.25) is 4.68 Å². The number of rotatable bonds is 5. The summed E-state index contributed by atoms with van der Waals surface area (Å²) in [6, 6.07) is 29.3. The van der Waals surface area contributed by atoms with Gasteiger partial charge in [0.2, 0.25) is 0 Å². The van der Waals surface area contributed by atoms with Gasteiger partial charge in [-0.15, -0.1) is 35.7 Å². The van der Waals surface area contributed by atoms with E-state index in [9.17, 15) is 0 Å². The number of aryl methyl sites for hydroxylation is 1. The number of pyridine rings is 1. The number of hydrogen-bond acceptors (Lipinski definition) is 3. The molecule has 5 nitrogen and oxygen atoms in total. The molecule has 0 saturated carbocycles. The summed E-state index contributed by atoms with van der Waals surface area (Å²) in [6.07, 6.45) is 5.85. The molecule has 7 aromatic rings. The predicted octanol–water partition coefficient (Wildman–Crippen LogP) is 9.27. The molecule has 0 radical (unpaired) electrons. The maximum Gasteiger partial charge on any atom is 2.00 e. The minimum atomic E-state index is 0. The van der Waals surface area contributed by atoms with Crippen molar-refractivity contribution >= 4 is 21.8 Å². The zero-order valence-corrected chi connectivity index (χ0v) is 27.9. The summed E-state index contributed by atoms with van der Waals surface area (Å²) in [7, 11) is 0. The fraction of sp³-hybridized carbons (Fsp3) is 0.158. The molecular weight excluding hydrogens is 724 g/mol. The molecule has 0 aliphatic carbocycles. The largest absolute Gasteiger partial charge is 2.00 e. The summed E-state index contributed by atoms with van der Waals surface area (Å²) >= 11 is 0. The molecule has 0 amide bonds. The van der Waals surface area contributed by atoms with Gasteiger partial charge in [0.25, 0.3) is 0 Å². The zero-order chi connectivity index (χ0) is 29.8. The van der Waals surface area contributed by atoms with Gasteiger partial charge in [0, 0.05) is 35.0 Å². The molecule has 0 bridgehead atoms. The van der Waals surface area contributed by atoms with Crippen LogP contribution < -0.4 is 4.74 Å². The van der Waals surface area contributed by atoms with Crippen LogP contribution in [0.3, 0.4) is 0 Å². The van der Waals surface area contributed by atoms with Crippen LogP contribution in [0.4, 0.5) is 0 Å². The quantitative estimate of drug-likeness (QED) is 0.165. The summed E-state index contributed by atoms with van der Waals surface area (Å²) < 4.78 is 10.4. The second kappa shape index (κ2) is 11.6. The van der Waals surface area contributed by atoms with E-state index in [-0.39, 0.29) is 21.1 Å². The second-order valence-electron chi connectivity index (χ2n) is 11.3. The van der Waals surface area contributed by atoms with E-state index in [0.717, 1.165) is 44.4 Å². The first-order chi connectivity index (χ1) is 20.8. The molecule has 0 fully saturated rings. The van der Waals surface area contributed by atoms with Crippen LogP contribution in [0, 0.1) is 53.7 Å². The molecule has 4 aromatic carbocycles. The van der Waals surface area contributed by atoms with Crippen molar-refractivity contribution in [3.05, 3.63) is 131 Å². The van der Waals surface area contributed by atoms with Crippen molar-refractivity contribution in [3.63, 3.8) is 0 Å². The van der Waals surface area contributed by atoms with Crippen molar-refractivity contribution in [2.24, 2.45) is 0 Å². The Morgan fingerprint density at radius 2 is 1.43 bits per heavy atom. The molecule has 44 heavy (non-hydrogen) atoms. The van der Waals surface area contributed by atoms with Crippen molar-refractivity contribution in [3.8, 4) is 34.1 Å². The van der Waals surface area contributed by atoms with Crippen molar-refractivity contribution in [1.29, 1.82) is 0 Å². The van der Waals surface area contributed by atoms with Gasteiger partial charge in [0.15, 0.2) is 0 Å². The Hall–Kier alpha value is -4.47. The van der Waals surface area contributed by atoms with Crippen LogP contribution in [0.1, 0.15) is 33.4 Å². The smallest absolute Gasteiger partial charge is 0.509 e. The first kappa shape index (κ1) is 29.6. The van der Waals surface area contributed by atoms with Gasteiger partial charge in [-0.2, -0.15) is 17.2 Å². The minimum absolute atomic E-state index is 0. The van der Waals surface area contributed by atoms with E-state index in [1.54, 1.807) is 0 Å². The van der Waals surface area contributed by atoms with Gasteiger partial charge in [-0.05, 0) is 110 Å². The van der Waals surface area contributed by atoms with E-state index < -0.39 is 0 Å². The fourth-order valence-electron chi connectivity index (χ4n) is 6.08. The number of fused-ring (bicyclic) bond motifs is 3. The molecule has 0 unspecified atom stereocenters. The van der Waals surface area contributed by atoms with Crippen molar-refractivity contribution < 1.29 is 25.8 Å². The van der Waals surface area contributed by atoms with Crippen molar-refractivity contribution in [2.75, 3.05) is 0 Å². The Morgan fingerprint density at radius 3 is 2.20 bits per heavy atom. The van der Waals surface area contributed by atoms with E-state index in [1.807, 2.05) is 47.4 Å². The Bertz CT molecular complexity index is 2160. The van der Waals surface area contributed by atoms with Crippen molar-refractivity contribution in [2.45, 2.75) is 41.5 Å². The van der Waals surface area contributed by atoms with E-state index >= 15 is 0 Å². The number of para-hydroxylation sites is 1. The summed E-state index contributed by atoms with van der Waals surface area (Å²) in [5.74, 6) is 2.05. The first-order valence-electron chi connectivity index (χ1n) is 14.5. The van der Waals surface area contributed by atoms with Gasteiger partial charge < -0.3 is 9.30 Å². The number of aromatic nitrogens is 4. The number of benzene rings is 4. The van der Waals surface area contributed by atoms with Gasteiger partial charge in [0.1, 0.15) is 5.82 Å². The Morgan fingerprint density at radius 1 is 0.705 bits per heavy atom. The molecule has 0 spiro atoms. The standard InChI is InChI=1S/C38H32N4O.Pt/c1-23-16-17-39-37(18-23)42-35-13-8-7-12-33(35)34-15-14-32(20-36(34)42)43-31-11-9-10-30(19-31)41-22-29(21-40-41)38-27(5)25(3)24(2)26(4)28(38)6;/h7-18,21-22H,1-6H3;/q-2;+2. The van der Waals surface area contributed by atoms with Gasteiger partial charge in [-0.1, -0.05) is 23.7 Å². The predicted molar refractivity (Wildman–Crippen MR) is 174 cm³/mol. The molecular formula is C38H32N4OPt. The summed E-state index contributed by atoms with van der Waals surface area (Å²) in [5.41, 5.74) is 12.9. The maximum absolute atomic E-state index is 6.35. The molecule has 3 heterocycles. The topological polar surface area (TPSA) is 44.9 Å². The molecule has 220 valence electrons. The Labute approximate surface area is 272 Å². The zero-order valence-electron chi connectivity index (χ0n) is 25.6. The van der Waals surface area contributed by atoms with Crippen LogP contribution in [0.5, 0.6) is 11.5 Å². The van der Waals surface area contributed by atoms with Crippen LogP contribution >= 0.6 is 0 Å². The van der Waals surface area contributed by atoms with Gasteiger partial charge in [0.05, 0.1) is 6.20 Å². The van der Waals surface area contributed by atoms with Crippen LogP contribution in [0.15, 0.2) is 85.3 Å². The third-order valence-corrected chi connectivity index (χ3v) is 8.78.